The molecule has 142 valence electrons. The van der Waals surface area contributed by atoms with Gasteiger partial charge in [0.2, 0.25) is 0 Å². The number of rotatable bonds is 6. The molecule has 0 aliphatic carbocycles. The first-order chi connectivity index (χ1) is 12.7. The number of ether oxygens (including phenoxy) is 1. The first-order valence-corrected chi connectivity index (χ1v) is 9.37. The molecule has 0 saturated heterocycles. The number of esters is 1. The maximum atomic E-state index is 12.3. The summed E-state index contributed by atoms with van der Waals surface area (Å²) in [5.74, 6) is -1.28. The average Bonchev–Trinajstić information content (AvgIpc) is 2.63. The molecule has 2 aromatic rings. The monoisotopic (exact) mass is 388 g/mol. The third kappa shape index (κ3) is 5.07. The van der Waals surface area contributed by atoms with E-state index >= 15 is 0 Å². The first-order valence-electron chi connectivity index (χ1n) is 8.14. The molecule has 27 heavy (non-hydrogen) atoms. The minimum atomic E-state index is -1.06. The van der Waals surface area contributed by atoms with Gasteiger partial charge in [-0.3, -0.25) is 14.9 Å². The van der Waals surface area contributed by atoms with Gasteiger partial charge in [0.1, 0.15) is 0 Å². The highest BCUT2D eigenvalue weighted by Gasteiger charge is 2.22. The summed E-state index contributed by atoms with van der Waals surface area (Å²) in [4.78, 5) is 35.6. The molecule has 2 rings (SSSR count). The fourth-order valence-corrected chi connectivity index (χ4v) is 2.98. The van der Waals surface area contributed by atoms with Crippen molar-refractivity contribution in [1.82, 2.24) is 0 Å². The summed E-state index contributed by atoms with van der Waals surface area (Å²) in [5, 5.41) is 13.8. The number of benzene rings is 2. The number of nitro groups is 1. The number of anilines is 1. The van der Waals surface area contributed by atoms with Crippen LogP contribution in [0.25, 0.3) is 0 Å². The second-order valence-corrected chi connectivity index (χ2v) is 6.85. The van der Waals surface area contributed by atoms with Crippen LogP contribution in [0.2, 0.25) is 0 Å². The van der Waals surface area contributed by atoms with E-state index in [0.29, 0.717) is 10.6 Å². The number of thioether (sulfide) groups is 1. The number of amides is 1. The van der Waals surface area contributed by atoms with Crippen molar-refractivity contribution in [3.63, 3.8) is 0 Å². The van der Waals surface area contributed by atoms with Crippen LogP contribution in [0, 0.1) is 24.0 Å². The fourth-order valence-electron chi connectivity index (χ4n) is 2.43. The average molecular weight is 388 g/mol. The molecule has 2 aromatic carbocycles. The Labute approximate surface area is 161 Å². The minimum Gasteiger partial charge on any atom is -0.449 e. The van der Waals surface area contributed by atoms with Crippen molar-refractivity contribution in [2.24, 2.45) is 0 Å². The van der Waals surface area contributed by atoms with Gasteiger partial charge in [0.15, 0.2) is 6.10 Å². The lowest BCUT2D eigenvalue weighted by Gasteiger charge is -2.15. The Balaban J connectivity index is 2.09. The van der Waals surface area contributed by atoms with Crippen molar-refractivity contribution in [2.75, 3.05) is 11.6 Å². The Morgan fingerprint density at radius 3 is 2.48 bits per heavy atom. The predicted octanol–water partition coefficient (Wildman–Crippen LogP) is 4.12. The molecular formula is C19H20N2O5S. The lowest BCUT2D eigenvalue weighted by atomic mass is 10.1. The second-order valence-electron chi connectivity index (χ2n) is 6.00. The van der Waals surface area contributed by atoms with Crippen LogP contribution in [0.4, 0.5) is 11.4 Å². The molecule has 0 radical (unpaired) electrons. The highest BCUT2D eigenvalue weighted by molar-refractivity contribution is 7.98. The van der Waals surface area contributed by atoms with Crippen molar-refractivity contribution >= 4 is 35.0 Å². The SMILES string of the molecule is CSc1ccc(C(=O)O[C@H](C)C(=O)Nc2ccc(C)cc2C)cc1[N+](=O)[O-]. The maximum absolute atomic E-state index is 12.3. The Bertz CT molecular complexity index is 898. The molecule has 1 atom stereocenters. The van der Waals surface area contributed by atoms with E-state index in [4.69, 9.17) is 4.74 Å². The standard InChI is InChI=1S/C19H20N2O5S/c1-11-5-7-15(12(2)9-11)20-18(22)13(3)26-19(23)14-6-8-17(27-4)16(10-14)21(24)25/h5-10,13H,1-4H3,(H,20,22)/t13-/m1/s1. The predicted molar refractivity (Wildman–Crippen MR) is 104 cm³/mol. The number of nitro benzene ring substituents is 1. The lowest BCUT2D eigenvalue weighted by Crippen LogP contribution is -2.30. The molecule has 0 heterocycles. The minimum absolute atomic E-state index is 0.0191. The summed E-state index contributed by atoms with van der Waals surface area (Å²) in [5.41, 5.74) is 2.44. The molecule has 0 unspecified atom stereocenters. The largest absolute Gasteiger partial charge is 0.449 e. The summed E-state index contributed by atoms with van der Waals surface area (Å²) < 4.78 is 5.16. The number of nitrogens with zero attached hydrogens (tertiary/aromatic N) is 1. The van der Waals surface area contributed by atoms with Crippen molar-refractivity contribution in [3.8, 4) is 0 Å². The van der Waals surface area contributed by atoms with Gasteiger partial charge in [-0.15, -0.1) is 11.8 Å². The van der Waals surface area contributed by atoms with E-state index in [-0.39, 0.29) is 11.3 Å². The number of hydrogen-bond donors (Lipinski definition) is 1. The zero-order valence-electron chi connectivity index (χ0n) is 15.4. The van der Waals surface area contributed by atoms with Crippen molar-refractivity contribution < 1.29 is 19.2 Å². The van der Waals surface area contributed by atoms with E-state index in [2.05, 4.69) is 5.32 Å². The van der Waals surface area contributed by atoms with Crippen LogP contribution in [0.3, 0.4) is 0 Å². The summed E-state index contributed by atoms with van der Waals surface area (Å²) >= 11 is 1.21. The van der Waals surface area contributed by atoms with Gasteiger partial charge in [-0.2, -0.15) is 0 Å². The van der Waals surface area contributed by atoms with Gasteiger partial charge in [0, 0.05) is 11.8 Å². The van der Waals surface area contributed by atoms with Crippen molar-refractivity contribution in [3.05, 3.63) is 63.2 Å². The molecule has 0 spiro atoms. The lowest BCUT2D eigenvalue weighted by molar-refractivity contribution is -0.387. The molecule has 0 aliphatic rings. The molecule has 0 saturated carbocycles. The van der Waals surface area contributed by atoms with Crippen LogP contribution in [0.5, 0.6) is 0 Å². The van der Waals surface area contributed by atoms with E-state index in [1.54, 1.807) is 12.3 Å². The van der Waals surface area contributed by atoms with E-state index < -0.39 is 22.9 Å². The van der Waals surface area contributed by atoms with Crippen LogP contribution < -0.4 is 5.32 Å². The van der Waals surface area contributed by atoms with Gasteiger partial charge in [-0.25, -0.2) is 4.79 Å². The Morgan fingerprint density at radius 1 is 1.19 bits per heavy atom. The molecule has 0 fully saturated rings. The summed E-state index contributed by atoms with van der Waals surface area (Å²) in [6.07, 6.45) is 0.650. The number of nitrogens with one attached hydrogen (secondary N) is 1. The molecule has 0 bridgehead atoms. The molecular weight excluding hydrogens is 368 g/mol. The molecule has 0 aliphatic heterocycles. The van der Waals surface area contributed by atoms with Crippen LogP contribution >= 0.6 is 11.8 Å². The van der Waals surface area contributed by atoms with Crippen LogP contribution in [-0.2, 0) is 9.53 Å². The summed E-state index contributed by atoms with van der Waals surface area (Å²) in [7, 11) is 0. The highest BCUT2D eigenvalue weighted by Crippen LogP contribution is 2.28. The number of carbonyl (C=O) groups excluding carboxylic acids is 2. The highest BCUT2D eigenvalue weighted by atomic mass is 32.2. The third-order valence-electron chi connectivity index (χ3n) is 3.90. The third-order valence-corrected chi connectivity index (χ3v) is 4.69. The Hall–Kier alpha value is -2.87. The van der Waals surface area contributed by atoms with Gasteiger partial charge in [-0.05, 0) is 50.8 Å². The molecule has 0 aromatic heterocycles. The maximum Gasteiger partial charge on any atom is 0.339 e. The van der Waals surface area contributed by atoms with Crippen LogP contribution in [-0.4, -0.2) is 29.2 Å². The second kappa shape index (κ2) is 8.68. The summed E-state index contributed by atoms with van der Waals surface area (Å²) in [6, 6.07) is 9.66. The van der Waals surface area contributed by atoms with Crippen molar-refractivity contribution in [2.45, 2.75) is 31.8 Å². The number of aryl methyl sites for hydroxylation is 2. The molecule has 7 nitrogen and oxygen atoms in total. The smallest absolute Gasteiger partial charge is 0.339 e. The Morgan fingerprint density at radius 2 is 1.89 bits per heavy atom. The van der Waals surface area contributed by atoms with E-state index in [1.807, 2.05) is 26.0 Å². The zero-order valence-corrected chi connectivity index (χ0v) is 16.3. The van der Waals surface area contributed by atoms with Gasteiger partial charge < -0.3 is 10.1 Å². The Kier molecular flexibility index (Phi) is 6.57. The topological polar surface area (TPSA) is 98.5 Å². The normalized spacial score (nSPS) is 11.6. The molecule has 8 heteroatoms. The molecule has 1 N–H and O–H groups in total. The summed E-state index contributed by atoms with van der Waals surface area (Å²) in [6.45, 7) is 5.26. The number of carbonyl (C=O) groups is 2. The van der Waals surface area contributed by atoms with Gasteiger partial charge in [0.05, 0.1) is 15.4 Å². The van der Waals surface area contributed by atoms with E-state index in [1.165, 1.54) is 30.8 Å². The van der Waals surface area contributed by atoms with Gasteiger partial charge >= 0.3 is 5.97 Å². The van der Waals surface area contributed by atoms with Crippen LogP contribution in [0.15, 0.2) is 41.3 Å². The molecule has 1 amide bonds. The fraction of sp³-hybridized carbons (Fsp3) is 0.263. The van der Waals surface area contributed by atoms with E-state index in [0.717, 1.165) is 17.2 Å². The van der Waals surface area contributed by atoms with Gasteiger partial charge in [-0.1, -0.05) is 17.7 Å². The quantitative estimate of drug-likeness (QED) is 0.346. The van der Waals surface area contributed by atoms with Crippen LogP contribution in [0.1, 0.15) is 28.4 Å². The van der Waals surface area contributed by atoms with Crippen molar-refractivity contribution in [1.29, 1.82) is 0 Å². The van der Waals surface area contributed by atoms with E-state index in [9.17, 15) is 19.7 Å². The zero-order chi connectivity index (χ0) is 20.1. The first kappa shape index (κ1) is 20.4. The number of hydrogen-bond acceptors (Lipinski definition) is 6. The van der Waals surface area contributed by atoms with Gasteiger partial charge in [0.25, 0.3) is 11.6 Å².